The fourth-order valence-corrected chi connectivity index (χ4v) is 4.36. The van der Waals surface area contributed by atoms with Crippen LogP contribution in [0.2, 0.25) is 0 Å². The Morgan fingerprint density at radius 3 is 1.94 bits per heavy atom. The Morgan fingerprint density at radius 1 is 0.848 bits per heavy atom. The predicted molar refractivity (Wildman–Crippen MR) is 133 cm³/mol. The highest BCUT2D eigenvalue weighted by Crippen LogP contribution is 2.20. The van der Waals surface area contributed by atoms with Crippen molar-refractivity contribution in [1.29, 1.82) is 0 Å². The number of esters is 1. The van der Waals surface area contributed by atoms with Crippen LogP contribution in [-0.4, -0.2) is 33.4 Å². The van der Waals surface area contributed by atoms with Crippen LogP contribution < -0.4 is 10.2 Å². The fourth-order valence-electron chi connectivity index (χ4n) is 3.41. The minimum absolute atomic E-state index is 0.0303. The summed E-state index contributed by atoms with van der Waals surface area (Å²) in [7, 11) is -2.25. The van der Waals surface area contributed by atoms with Gasteiger partial charge in [-0.25, -0.2) is 10.3 Å². The standard InChI is InChI=1S/C25H43NO6S/c1-4-6-8-9-10-11-12-13-14-15-16-24(25(27)30-3)31-23-19-17-22(18-20-23)26-32-33(28,29)21-7-5-2/h17-20,24,26H,4-16,21H2,1-3H3. The average Bonchev–Trinajstić information content (AvgIpc) is 2.82. The van der Waals surface area contributed by atoms with Gasteiger partial charge in [-0.3, -0.25) is 0 Å². The molecule has 0 aliphatic heterocycles. The van der Waals surface area contributed by atoms with Gasteiger partial charge >= 0.3 is 5.97 Å². The number of methoxy groups -OCH3 is 1. The summed E-state index contributed by atoms with van der Waals surface area (Å²) in [5.41, 5.74) is 2.92. The highest BCUT2D eigenvalue weighted by atomic mass is 32.2. The van der Waals surface area contributed by atoms with Crippen LogP contribution in [0.3, 0.4) is 0 Å². The first-order valence-electron chi connectivity index (χ1n) is 12.4. The van der Waals surface area contributed by atoms with E-state index < -0.39 is 22.2 Å². The summed E-state index contributed by atoms with van der Waals surface area (Å²) in [4.78, 5) is 12.1. The minimum Gasteiger partial charge on any atom is -0.479 e. The van der Waals surface area contributed by atoms with Gasteiger partial charge in [0.05, 0.1) is 18.6 Å². The van der Waals surface area contributed by atoms with Crippen molar-refractivity contribution in [1.82, 2.24) is 0 Å². The first-order valence-corrected chi connectivity index (χ1v) is 14.0. The summed E-state index contributed by atoms with van der Waals surface area (Å²) >= 11 is 0. The van der Waals surface area contributed by atoms with Gasteiger partial charge in [0.15, 0.2) is 6.10 Å². The summed E-state index contributed by atoms with van der Waals surface area (Å²) < 4.78 is 39.1. The number of rotatable bonds is 20. The molecule has 0 heterocycles. The lowest BCUT2D eigenvalue weighted by atomic mass is 10.0. The van der Waals surface area contributed by atoms with Crippen molar-refractivity contribution in [2.45, 2.75) is 103 Å². The second kappa shape index (κ2) is 17.6. The second-order valence-electron chi connectivity index (χ2n) is 8.43. The summed E-state index contributed by atoms with van der Waals surface area (Å²) in [5.74, 6) is 0.0904. The second-order valence-corrected chi connectivity index (χ2v) is 10.1. The summed E-state index contributed by atoms with van der Waals surface area (Å²) in [6, 6.07) is 6.61. The number of carbonyl (C=O) groups excluding carboxylic acids is 1. The van der Waals surface area contributed by atoms with Gasteiger partial charge in [0, 0.05) is 0 Å². The molecule has 0 amide bonds. The molecule has 0 fully saturated rings. The lowest BCUT2D eigenvalue weighted by molar-refractivity contribution is -0.149. The van der Waals surface area contributed by atoms with E-state index in [4.69, 9.17) is 13.8 Å². The topological polar surface area (TPSA) is 90.9 Å². The molecule has 8 heteroatoms. The maximum absolute atomic E-state index is 12.1. The SMILES string of the molecule is CCCCCCCCCCCCC(Oc1ccc(NOS(=O)(=O)CCCC)cc1)C(=O)OC. The molecule has 1 aromatic rings. The number of anilines is 1. The zero-order valence-electron chi connectivity index (χ0n) is 20.6. The predicted octanol–water partition coefficient (Wildman–Crippen LogP) is 6.39. The molecule has 0 aliphatic rings. The Hall–Kier alpha value is -1.80. The Balaban J connectivity index is 2.38. The normalized spacial score (nSPS) is 12.3. The molecule has 1 N–H and O–H groups in total. The lowest BCUT2D eigenvalue weighted by Gasteiger charge is -2.17. The third-order valence-corrected chi connectivity index (χ3v) is 6.58. The van der Waals surface area contributed by atoms with E-state index in [1.807, 2.05) is 6.92 Å². The monoisotopic (exact) mass is 485 g/mol. The molecule has 1 atom stereocenters. The first kappa shape index (κ1) is 29.2. The smallest absolute Gasteiger partial charge is 0.347 e. The first-order chi connectivity index (χ1) is 15.9. The molecule has 0 saturated heterocycles. The van der Waals surface area contributed by atoms with Crippen LogP contribution in [0.1, 0.15) is 97.3 Å². The van der Waals surface area contributed by atoms with Crippen molar-refractivity contribution in [3.8, 4) is 5.75 Å². The molecule has 0 aromatic heterocycles. The molecule has 0 saturated carbocycles. The number of nitrogens with one attached hydrogen (secondary N) is 1. The number of hydrogen-bond acceptors (Lipinski definition) is 7. The molecule has 7 nitrogen and oxygen atoms in total. The molecular weight excluding hydrogens is 442 g/mol. The van der Waals surface area contributed by atoms with Gasteiger partial charge in [-0.15, -0.1) is 0 Å². The van der Waals surface area contributed by atoms with E-state index in [1.54, 1.807) is 24.3 Å². The van der Waals surface area contributed by atoms with Crippen LogP contribution in [0.4, 0.5) is 5.69 Å². The van der Waals surface area contributed by atoms with Gasteiger partial charge in [-0.2, -0.15) is 12.7 Å². The minimum atomic E-state index is -3.61. The number of unbranched alkanes of at least 4 members (excludes halogenated alkanes) is 10. The molecule has 33 heavy (non-hydrogen) atoms. The maximum atomic E-state index is 12.1. The highest BCUT2D eigenvalue weighted by Gasteiger charge is 2.21. The van der Waals surface area contributed by atoms with E-state index in [1.165, 1.54) is 58.5 Å². The Labute approximate surface area is 200 Å². The van der Waals surface area contributed by atoms with Gasteiger partial charge in [0.25, 0.3) is 10.1 Å². The molecular formula is C25H43NO6S. The molecule has 1 unspecified atom stereocenters. The van der Waals surface area contributed by atoms with Crippen LogP contribution in [0.15, 0.2) is 24.3 Å². The van der Waals surface area contributed by atoms with E-state index >= 15 is 0 Å². The van der Waals surface area contributed by atoms with Crippen molar-refractivity contribution in [3.63, 3.8) is 0 Å². The van der Waals surface area contributed by atoms with Crippen molar-refractivity contribution < 1.29 is 27.0 Å². The van der Waals surface area contributed by atoms with Crippen LogP contribution in [0, 0.1) is 0 Å². The molecule has 1 aromatic carbocycles. The number of hydrogen-bond donors (Lipinski definition) is 1. The van der Waals surface area contributed by atoms with Crippen molar-refractivity contribution in [3.05, 3.63) is 24.3 Å². The van der Waals surface area contributed by atoms with E-state index in [2.05, 4.69) is 12.4 Å². The van der Waals surface area contributed by atoms with Gasteiger partial charge in [-0.1, -0.05) is 78.1 Å². The molecule has 0 radical (unpaired) electrons. The lowest BCUT2D eigenvalue weighted by Crippen LogP contribution is -2.28. The van der Waals surface area contributed by atoms with Crippen LogP contribution >= 0.6 is 0 Å². The summed E-state index contributed by atoms with van der Waals surface area (Å²) in [6.07, 6.45) is 13.5. The van der Waals surface area contributed by atoms with Crippen LogP contribution in [0.25, 0.3) is 0 Å². The van der Waals surface area contributed by atoms with E-state index in [0.29, 0.717) is 24.3 Å². The van der Waals surface area contributed by atoms with Gasteiger partial charge < -0.3 is 9.47 Å². The van der Waals surface area contributed by atoms with Crippen molar-refractivity contribution in [2.75, 3.05) is 18.3 Å². The van der Waals surface area contributed by atoms with E-state index in [0.717, 1.165) is 19.3 Å². The molecule has 0 aliphatic carbocycles. The summed E-state index contributed by atoms with van der Waals surface area (Å²) in [6.45, 7) is 4.15. The van der Waals surface area contributed by atoms with Gasteiger partial charge in [-0.05, 0) is 43.5 Å². The zero-order valence-corrected chi connectivity index (χ0v) is 21.5. The van der Waals surface area contributed by atoms with Gasteiger partial charge in [0.1, 0.15) is 5.75 Å². The molecule has 1 rings (SSSR count). The van der Waals surface area contributed by atoms with Crippen molar-refractivity contribution in [2.24, 2.45) is 0 Å². The average molecular weight is 486 g/mol. The van der Waals surface area contributed by atoms with Gasteiger partial charge in [0.2, 0.25) is 0 Å². The molecule has 190 valence electrons. The fraction of sp³-hybridized carbons (Fsp3) is 0.720. The zero-order chi connectivity index (χ0) is 24.4. The quantitative estimate of drug-likeness (QED) is 0.130. The Morgan fingerprint density at radius 2 is 1.39 bits per heavy atom. The van der Waals surface area contributed by atoms with E-state index in [9.17, 15) is 13.2 Å². The number of carbonyl (C=O) groups is 1. The highest BCUT2D eigenvalue weighted by molar-refractivity contribution is 7.86. The molecule has 0 spiro atoms. The Kier molecular flexibility index (Phi) is 15.6. The summed E-state index contributed by atoms with van der Waals surface area (Å²) in [5, 5.41) is 0. The largest absolute Gasteiger partial charge is 0.479 e. The number of benzene rings is 1. The third kappa shape index (κ3) is 14.1. The maximum Gasteiger partial charge on any atom is 0.347 e. The van der Waals surface area contributed by atoms with Crippen LogP contribution in [0.5, 0.6) is 5.75 Å². The molecule has 0 bridgehead atoms. The van der Waals surface area contributed by atoms with E-state index in [-0.39, 0.29) is 5.75 Å². The van der Waals surface area contributed by atoms with Crippen molar-refractivity contribution >= 4 is 21.8 Å². The third-order valence-electron chi connectivity index (χ3n) is 5.45. The number of ether oxygens (including phenoxy) is 2. The van der Waals surface area contributed by atoms with Crippen LogP contribution in [-0.2, 0) is 23.9 Å². The Bertz CT molecular complexity index is 736.